The second kappa shape index (κ2) is 13.3. The standard InChI is InChI=1S/C22H27F5N4O2.CH3F/c1-14(16-5-7-17(8-6-16)20(23)24)29-18(4-3-9-22(25,26)27)31(15(2)32)12-19(33)30-21(13-28)10-11-21;1-2/h5,17,20H,1,3-4,6-12H2,2H3,(H,30,33);1H3. The highest BCUT2D eigenvalue weighted by molar-refractivity contribution is 6.01. The lowest BCUT2D eigenvalue weighted by Crippen LogP contribution is -2.46. The van der Waals surface area contributed by atoms with Crippen LogP contribution in [-0.4, -0.2) is 54.4 Å². The lowest BCUT2D eigenvalue weighted by atomic mass is 9.89. The fourth-order valence-electron chi connectivity index (χ4n) is 3.50. The van der Waals surface area contributed by atoms with E-state index in [-0.39, 0.29) is 43.6 Å². The number of rotatable bonds is 9. The molecule has 196 valence electrons. The van der Waals surface area contributed by atoms with Gasteiger partial charge in [0.15, 0.2) is 0 Å². The number of hydrogen-bond donors (Lipinski definition) is 1. The molecule has 0 aromatic heterocycles. The average Bonchev–Trinajstić information content (AvgIpc) is 3.57. The van der Waals surface area contributed by atoms with Crippen LogP contribution in [-0.2, 0) is 9.59 Å². The molecule has 12 heteroatoms. The van der Waals surface area contributed by atoms with Gasteiger partial charge in [0.25, 0.3) is 0 Å². The summed E-state index contributed by atoms with van der Waals surface area (Å²) in [4.78, 5) is 29.9. The molecule has 0 aliphatic heterocycles. The largest absolute Gasteiger partial charge is 0.389 e. The minimum atomic E-state index is -4.40. The van der Waals surface area contributed by atoms with E-state index in [1.54, 1.807) is 6.08 Å². The molecule has 35 heavy (non-hydrogen) atoms. The highest BCUT2D eigenvalue weighted by atomic mass is 19.4. The number of allylic oxidation sites excluding steroid dienone is 2. The zero-order valence-corrected chi connectivity index (χ0v) is 19.7. The number of amidine groups is 1. The van der Waals surface area contributed by atoms with Gasteiger partial charge in [-0.1, -0.05) is 12.7 Å². The van der Waals surface area contributed by atoms with Crippen LogP contribution in [0.4, 0.5) is 26.3 Å². The minimum absolute atomic E-state index is 0.0643. The van der Waals surface area contributed by atoms with Gasteiger partial charge in [0.1, 0.15) is 17.9 Å². The Balaban J connectivity index is 0.00000298. The molecule has 0 bridgehead atoms. The number of nitriles is 1. The Kier molecular flexibility index (Phi) is 11.5. The molecule has 0 heterocycles. The van der Waals surface area contributed by atoms with Crippen LogP contribution in [0.3, 0.4) is 0 Å². The number of aliphatic imine (C=N–C) groups is 1. The summed E-state index contributed by atoms with van der Waals surface area (Å²) in [6, 6.07) is 1.99. The first-order valence-electron chi connectivity index (χ1n) is 11.0. The van der Waals surface area contributed by atoms with Gasteiger partial charge < -0.3 is 5.32 Å². The minimum Gasteiger partial charge on any atom is -0.336 e. The molecule has 6 nitrogen and oxygen atoms in total. The van der Waals surface area contributed by atoms with Gasteiger partial charge in [-0.05, 0) is 44.1 Å². The quantitative estimate of drug-likeness (QED) is 0.263. The van der Waals surface area contributed by atoms with Crippen molar-refractivity contribution in [3.05, 3.63) is 23.9 Å². The first kappa shape index (κ1) is 30.2. The molecule has 0 aromatic rings. The Labute approximate surface area is 200 Å². The van der Waals surface area contributed by atoms with Gasteiger partial charge in [-0.3, -0.25) is 18.9 Å². The molecule has 1 N–H and O–H groups in total. The van der Waals surface area contributed by atoms with Gasteiger partial charge in [-0.2, -0.15) is 18.4 Å². The lowest BCUT2D eigenvalue weighted by Gasteiger charge is -2.25. The normalized spacial score (nSPS) is 19.0. The molecular weight excluding hydrogens is 478 g/mol. The number of nitrogens with one attached hydrogen (secondary N) is 1. The van der Waals surface area contributed by atoms with Crippen molar-refractivity contribution in [2.24, 2.45) is 10.9 Å². The van der Waals surface area contributed by atoms with E-state index in [1.165, 1.54) is 0 Å². The molecule has 0 radical (unpaired) electrons. The number of amides is 2. The third kappa shape index (κ3) is 10.1. The molecule has 2 rings (SSSR count). The maximum Gasteiger partial charge on any atom is 0.389 e. The van der Waals surface area contributed by atoms with E-state index >= 15 is 0 Å². The van der Waals surface area contributed by atoms with Crippen molar-refractivity contribution in [3.63, 3.8) is 0 Å². The van der Waals surface area contributed by atoms with Gasteiger partial charge in [-0.25, -0.2) is 13.8 Å². The molecule has 2 aliphatic carbocycles. The molecule has 1 saturated carbocycles. The zero-order chi connectivity index (χ0) is 26.8. The van der Waals surface area contributed by atoms with Crippen LogP contribution in [0.15, 0.2) is 28.9 Å². The molecule has 2 amide bonds. The van der Waals surface area contributed by atoms with Crippen LogP contribution in [0.25, 0.3) is 0 Å². The summed E-state index contributed by atoms with van der Waals surface area (Å²) in [6.07, 6.45) is -5.42. The summed E-state index contributed by atoms with van der Waals surface area (Å²) in [5, 5.41) is 11.7. The SMILES string of the molecule is C=C(N=C(CCCC(F)(F)F)N(CC(=O)NC1(C#N)CC1)C(C)=O)C1=CCC(C(F)F)CC1.CF. The monoisotopic (exact) mass is 508 g/mol. The van der Waals surface area contributed by atoms with E-state index < -0.39 is 48.8 Å². The molecule has 0 saturated heterocycles. The van der Waals surface area contributed by atoms with Gasteiger partial charge in [0.05, 0.1) is 18.9 Å². The van der Waals surface area contributed by atoms with Gasteiger partial charge >= 0.3 is 6.18 Å². The second-order valence-corrected chi connectivity index (χ2v) is 8.39. The third-order valence-corrected chi connectivity index (χ3v) is 5.64. The Hall–Kier alpha value is -2.84. The van der Waals surface area contributed by atoms with Gasteiger partial charge in [0, 0.05) is 25.7 Å². The first-order valence-corrected chi connectivity index (χ1v) is 11.0. The van der Waals surface area contributed by atoms with E-state index in [0.717, 1.165) is 11.8 Å². The van der Waals surface area contributed by atoms with E-state index in [0.29, 0.717) is 25.6 Å². The molecule has 1 unspecified atom stereocenters. The van der Waals surface area contributed by atoms with Crippen molar-refractivity contribution in [2.75, 3.05) is 13.7 Å². The number of carbonyl (C=O) groups excluding carboxylic acids is 2. The number of halogens is 6. The number of alkyl halides is 6. The molecule has 0 spiro atoms. The van der Waals surface area contributed by atoms with Crippen molar-refractivity contribution in [3.8, 4) is 6.07 Å². The predicted octanol–water partition coefficient (Wildman–Crippen LogP) is 5.23. The molecule has 2 aliphatic rings. The Morgan fingerprint density at radius 2 is 1.97 bits per heavy atom. The van der Waals surface area contributed by atoms with Gasteiger partial charge in [-0.15, -0.1) is 0 Å². The fraction of sp³-hybridized carbons (Fsp3) is 0.652. The molecule has 1 atom stereocenters. The van der Waals surface area contributed by atoms with E-state index in [1.807, 2.05) is 6.07 Å². The predicted molar refractivity (Wildman–Crippen MR) is 118 cm³/mol. The Morgan fingerprint density at radius 1 is 1.34 bits per heavy atom. The van der Waals surface area contributed by atoms with Crippen molar-refractivity contribution in [1.29, 1.82) is 5.26 Å². The number of carbonyl (C=O) groups is 2. The topological polar surface area (TPSA) is 85.6 Å². The molecule has 1 fully saturated rings. The molecule has 0 aromatic carbocycles. The van der Waals surface area contributed by atoms with Gasteiger partial charge in [0.2, 0.25) is 18.2 Å². The van der Waals surface area contributed by atoms with Crippen LogP contribution in [0.2, 0.25) is 0 Å². The highest BCUT2D eigenvalue weighted by Gasteiger charge is 2.45. The van der Waals surface area contributed by atoms with Crippen LogP contribution >= 0.6 is 0 Å². The van der Waals surface area contributed by atoms with E-state index in [2.05, 4.69) is 16.9 Å². The van der Waals surface area contributed by atoms with Crippen LogP contribution in [0.1, 0.15) is 58.3 Å². The van der Waals surface area contributed by atoms with Crippen LogP contribution < -0.4 is 5.32 Å². The maximum absolute atomic E-state index is 12.9. The fourth-order valence-corrected chi connectivity index (χ4v) is 3.50. The smallest absolute Gasteiger partial charge is 0.336 e. The first-order chi connectivity index (χ1) is 16.4. The Bertz CT molecular complexity index is 872. The summed E-state index contributed by atoms with van der Waals surface area (Å²) < 4.78 is 73.2. The third-order valence-electron chi connectivity index (χ3n) is 5.64. The van der Waals surface area contributed by atoms with Crippen molar-refractivity contribution >= 4 is 17.6 Å². The van der Waals surface area contributed by atoms with Crippen molar-refractivity contribution < 1.29 is 35.9 Å². The lowest BCUT2D eigenvalue weighted by molar-refractivity contribution is -0.135. The zero-order valence-electron chi connectivity index (χ0n) is 19.7. The van der Waals surface area contributed by atoms with Crippen molar-refractivity contribution in [1.82, 2.24) is 10.2 Å². The van der Waals surface area contributed by atoms with E-state index in [9.17, 15) is 35.9 Å². The summed E-state index contributed by atoms with van der Waals surface area (Å²) in [5.74, 6) is -2.08. The number of hydrogen-bond acceptors (Lipinski definition) is 4. The molecular formula is C23H30F6N4O2. The summed E-state index contributed by atoms with van der Waals surface area (Å²) >= 11 is 0. The second-order valence-electron chi connectivity index (χ2n) is 8.39. The van der Waals surface area contributed by atoms with E-state index in [4.69, 9.17) is 5.26 Å². The summed E-state index contributed by atoms with van der Waals surface area (Å²) in [7, 11) is 0.500. The van der Waals surface area contributed by atoms with Crippen LogP contribution in [0.5, 0.6) is 0 Å². The highest BCUT2D eigenvalue weighted by Crippen LogP contribution is 2.34. The Morgan fingerprint density at radius 3 is 2.40 bits per heavy atom. The summed E-state index contributed by atoms with van der Waals surface area (Å²) in [5.41, 5.74) is -0.230. The average molecular weight is 509 g/mol. The van der Waals surface area contributed by atoms with Crippen LogP contribution in [0, 0.1) is 17.2 Å². The summed E-state index contributed by atoms with van der Waals surface area (Å²) in [6.45, 7) is 4.44. The maximum atomic E-state index is 12.9. The number of nitrogens with zero attached hydrogens (tertiary/aromatic N) is 3. The van der Waals surface area contributed by atoms with Crippen molar-refractivity contribution in [2.45, 2.75) is 76.4 Å².